The summed E-state index contributed by atoms with van der Waals surface area (Å²) in [6, 6.07) is 11.4. The summed E-state index contributed by atoms with van der Waals surface area (Å²) in [6.45, 7) is 9.12. The van der Waals surface area contributed by atoms with E-state index in [0.29, 0.717) is 43.3 Å². The second-order valence-electron chi connectivity index (χ2n) is 10.3. The van der Waals surface area contributed by atoms with Crippen LogP contribution >= 0.6 is 0 Å². The van der Waals surface area contributed by atoms with E-state index in [-0.39, 0.29) is 17.5 Å². The van der Waals surface area contributed by atoms with Crippen LogP contribution in [-0.4, -0.2) is 45.9 Å². The van der Waals surface area contributed by atoms with Crippen molar-refractivity contribution >= 4 is 36.5 Å². The predicted octanol–water partition coefficient (Wildman–Crippen LogP) is 3.06. The van der Waals surface area contributed by atoms with E-state index in [1.54, 1.807) is 43.5 Å². The zero-order chi connectivity index (χ0) is 26.5. The molecule has 1 aliphatic rings. The first kappa shape index (κ1) is 27.7. The van der Waals surface area contributed by atoms with Crippen LogP contribution in [0, 0.1) is 11.7 Å². The zero-order valence-corrected chi connectivity index (χ0v) is 22.7. The lowest BCUT2D eigenvalue weighted by atomic mass is 9.83. The third-order valence-corrected chi connectivity index (χ3v) is 8.64. The van der Waals surface area contributed by atoms with Crippen molar-refractivity contribution in [3.8, 4) is 0 Å². The molecule has 194 valence electrons. The Morgan fingerprint density at radius 2 is 1.72 bits per heavy atom. The number of piperidine rings is 1. The van der Waals surface area contributed by atoms with E-state index in [4.69, 9.17) is 4.74 Å². The number of methoxy groups -OCH3 is 1. The van der Waals surface area contributed by atoms with Crippen LogP contribution in [0.15, 0.2) is 42.5 Å². The number of benzene rings is 2. The molecule has 3 rings (SSSR count). The minimum absolute atomic E-state index is 0.220. The first-order valence-corrected chi connectivity index (χ1v) is 15.7. The summed E-state index contributed by atoms with van der Waals surface area (Å²) in [5, 5.41) is 9.34. The van der Waals surface area contributed by atoms with Gasteiger partial charge in [-0.3, -0.25) is 14.4 Å². The van der Waals surface area contributed by atoms with Gasteiger partial charge in [-0.2, -0.15) is 0 Å². The van der Waals surface area contributed by atoms with Crippen LogP contribution < -0.4 is 21.1 Å². The van der Waals surface area contributed by atoms with E-state index in [2.05, 4.69) is 16.0 Å². The number of hydrogen-bond donors (Lipinski definition) is 3. The Morgan fingerprint density at radius 3 is 2.25 bits per heavy atom. The maximum atomic E-state index is 14.9. The van der Waals surface area contributed by atoms with Crippen molar-refractivity contribution in [2.45, 2.75) is 51.6 Å². The first-order chi connectivity index (χ1) is 17.0. The highest BCUT2D eigenvalue weighted by molar-refractivity contribution is 6.88. The molecule has 1 aliphatic heterocycles. The minimum atomic E-state index is -1.97. The highest BCUT2D eigenvalue weighted by Crippen LogP contribution is 2.28. The lowest BCUT2D eigenvalue weighted by molar-refractivity contribution is -0.141. The third-order valence-electron chi connectivity index (χ3n) is 6.62. The molecule has 0 spiro atoms. The average molecular weight is 514 g/mol. The molecule has 1 heterocycles. The standard InChI is InChI=1S/C27H36FN3O4Si/c1-18(32)27(21-8-6-19(7-9-21)17-35-2,31-25(33)20-12-14-29-15-13-20)26(34)30-22-10-11-24(23(28)16-22)36(3,4)5/h6-11,16,20,29H,12-15,17H2,1-5H3,(H,30,34)(H,31,33)/t27-/m0/s1. The molecule has 2 amide bonds. The number of hydrogen-bond acceptors (Lipinski definition) is 5. The molecule has 1 saturated heterocycles. The normalized spacial score (nSPS) is 16.2. The molecule has 36 heavy (non-hydrogen) atoms. The van der Waals surface area contributed by atoms with Gasteiger partial charge >= 0.3 is 0 Å². The van der Waals surface area contributed by atoms with E-state index in [9.17, 15) is 18.8 Å². The monoisotopic (exact) mass is 513 g/mol. The molecule has 0 bridgehead atoms. The highest BCUT2D eigenvalue weighted by atomic mass is 28.3. The maximum absolute atomic E-state index is 14.9. The molecule has 2 aromatic rings. The van der Waals surface area contributed by atoms with Gasteiger partial charge in [0, 0.05) is 18.7 Å². The summed E-state index contributed by atoms with van der Waals surface area (Å²) in [5.41, 5.74) is -0.569. The van der Waals surface area contributed by atoms with Crippen LogP contribution in [-0.2, 0) is 31.3 Å². The molecule has 0 saturated carbocycles. The molecular formula is C27H36FN3O4Si. The Hall–Kier alpha value is -2.88. The van der Waals surface area contributed by atoms with Gasteiger partial charge < -0.3 is 20.7 Å². The molecule has 9 heteroatoms. The maximum Gasteiger partial charge on any atom is 0.262 e. The number of carbonyl (C=O) groups is 3. The lowest BCUT2D eigenvalue weighted by Crippen LogP contribution is -2.60. The van der Waals surface area contributed by atoms with Gasteiger partial charge in [-0.25, -0.2) is 4.39 Å². The van der Waals surface area contributed by atoms with Crippen LogP contribution in [0.3, 0.4) is 0 Å². The summed E-state index contributed by atoms with van der Waals surface area (Å²) in [4.78, 5) is 40.3. The number of anilines is 1. The van der Waals surface area contributed by atoms with Crippen LogP contribution in [0.4, 0.5) is 10.1 Å². The van der Waals surface area contributed by atoms with Crippen molar-refractivity contribution in [3.63, 3.8) is 0 Å². The fourth-order valence-electron chi connectivity index (χ4n) is 4.53. The summed E-state index contributed by atoms with van der Waals surface area (Å²) < 4.78 is 20.0. The summed E-state index contributed by atoms with van der Waals surface area (Å²) in [5.74, 6) is -2.36. The van der Waals surface area contributed by atoms with Crippen molar-refractivity contribution in [2.24, 2.45) is 5.92 Å². The topological polar surface area (TPSA) is 96.5 Å². The minimum Gasteiger partial charge on any atom is -0.380 e. The average Bonchev–Trinajstić information content (AvgIpc) is 2.82. The molecular weight excluding hydrogens is 477 g/mol. The van der Waals surface area contributed by atoms with Crippen molar-refractivity contribution in [1.29, 1.82) is 0 Å². The van der Waals surface area contributed by atoms with Crippen molar-refractivity contribution in [2.75, 3.05) is 25.5 Å². The van der Waals surface area contributed by atoms with E-state index >= 15 is 0 Å². The highest BCUT2D eigenvalue weighted by Gasteiger charge is 2.47. The fourth-order valence-corrected chi connectivity index (χ4v) is 5.90. The van der Waals surface area contributed by atoms with Crippen LogP contribution in [0.2, 0.25) is 19.6 Å². The van der Waals surface area contributed by atoms with Crippen LogP contribution in [0.5, 0.6) is 0 Å². The quantitative estimate of drug-likeness (QED) is 0.354. The van der Waals surface area contributed by atoms with Crippen molar-refractivity contribution in [3.05, 3.63) is 59.4 Å². The molecule has 1 atom stereocenters. The fraction of sp³-hybridized carbons (Fsp3) is 0.444. The molecule has 1 fully saturated rings. The Labute approximate surface area is 213 Å². The van der Waals surface area contributed by atoms with E-state index in [0.717, 1.165) is 5.56 Å². The number of carbonyl (C=O) groups excluding carboxylic acids is 3. The van der Waals surface area contributed by atoms with Gasteiger partial charge in [0.25, 0.3) is 5.91 Å². The molecule has 0 radical (unpaired) electrons. The largest absolute Gasteiger partial charge is 0.380 e. The summed E-state index contributed by atoms with van der Waals surface area (Å²) >= 11 is 0. The Bertz CT molecular complexity index is 1110. The number of amides is 2. The van der Waals surface area contributed by atoms with Gasteiger partial charge in [0.15, 0.2) is 5.78 Å². The van der Waals surface area contributed by atoms with Crippen LogP contribution in [0.25, 0.3) is 0 Å². The Balaban J connectivity index is 2.01. The number of Topliss-reactive ketones (excluding diaryl/α,β-unsaturated/α-hetero) is 1. The number of ether oxygens (including phenoxy) is 1. The molecule has 2 aromatic carbocycles. The number of halogens is 1. The molecule has 7 nitrogen and oxygen atoms in total. The van der Waals surface area contributed by atoms with Gasteiger partial charge in [0.05, 0.1) is 14.7 Å². The number of rotatable bonds is 9. The van der Waals surface area contributed by atoms with Gasteiger partial charge in [-0.05, 0) is 61.3 Å². The summed E-state index contributed by atoms with van der Waals surface area (Å²) in [7, 11) is -0.339. The van der Waals surface area contributed by atoms with E-state index in [1.165, 1.54) is 13.0 Å². The molecule has 0 unspecified atom stereocenters. The van der Waals surface area contributed by atoms with Gasteiger partial charge in [-0.15, -0.1) is 0 Å². The van der Waals surface area contributed by atoms with E-state index in [1.807, 2.05) is 19.6 Å². The van der Waals surface area contributed by atoms with E-state index < -0.39 is 31.1 Å². The number of nitrogens with one attached hydrogen (secondary N) is 3. The SMILES string of the molecule is COCc1ccc([C@@](NC(=O)C2CCNCC2)(C(C)=O)C(=O)Nc2ccc([Si](C)(C)C)c(F)c2)cc1. The smallest absolute Gasteiger partial charge is 0.262 e. The van der Waals surface area contributed by atoms with Crippen LogP contribution in [0.1, 0.15) is 30.9 Å². The lowest BCUT2D eigenvalue weighted by Gasteiger charge is -2.34. The second kappa shape index (κ2) is 11.4. The second-order valence-corrected chi connectivity index (χ2v) is 15.4. The molecule has 0 aromatic heterocycles. The molecule has 3 N–H and O–H groups in total. The first-order valence-electron chi connectivity index (χ1n) is 12.2. The van der Waals surface area contributed by atoms with Gasteiger partial charge in [0.1, 0.15) is 5.82 Å². The Morgan fingerprint density at radius 1 is 1.08 bits per heavy atom. The molecule has 0 aliphatic carbocycles. The third kappa shape index (κ3) is 6.08. The zero-order valence-electron chi connectivity index (χ0n) is 21.7. The predicted molar refractivity (Wildman–Crippen MR) is 141 cm³/mol. The Kier molecular flexibility index (Phi) is 8.81. The summed E-state index contributed by atoms with van der Waals surface area (Å²) in [6.07, 6.45) is 1.22. The van der Waals surface area contributed by atoms with Crippen molar-refractivity contribution in [1.82, 2.24) is 10.6 Å². The van der Waals surface area contributed by atoms with Crippen molar-refractivity contribution < 1.29 is 23.5 Å². The number of ketones is 1. The van der Waals surface area contributed by atoms with Gasteiger partial charge in [-0.1, -0.05) is 50.0 Å². The van der Waals surface area contributed by atoms with Gasteiger partial charge in [0.2, 0.25) is 11.4 Å².